The Hall–Kier alpha value is -2.50. The van der Waals surface area contributed by atoms with Crippen molar-refractivity contribution in [2.75, 3.05) is 7.11 Å². The minimum absolute atomic E-state index is 0.163. The molecule has 0 fully saturated rings. The number of ketones is 1. The van der Waals surface area contributed by atoms with E-state index in [-0.39, 0.29) is 11.5 Å². The van der Waals surface area contributed by atoms with Crippen molar-refractivity contribution in [1.29, 1.82) is 0 Å². The molecule has 1 heterocycles. The van der Waals surface area contributed by atoms with Crippen LogP contribution in [0.3, 0.4) is 0 Å². The lowest BCUT2D eigenvalue weighted by molar-refractivity contribution is -0.147. The fourth-order valence-corrected chi connectivity index (χ4v) is 2.72. The van der Waals surface area contributed by atoms with Crippen LogP contribution in [0.5, 0.6) is 11.5 Å². The highest BCUT2D eigenvalue weighted by atomic mass is 35.5. The van der Waals surface area contributed by atoms with Crippen LogP contribution in [-0.4, -0.2) is 25.0 Å². The summed E-state index contributed by atoms with van der Waals surface area (Å²) in [7, 11) is 1.28. The average molecular weight is 393 g/mol. The van der Waals surface area contributed by atoms with Crippen LogP contribution in [0.1, 0.15) is 22.8 Å². The van der Waals surface area contributed by atoms with Gasteiger partial charge in [-0.05, 0) is 42.8 Å². The van der Waals surface area contributed by atoms with Crippen LogP contribution in [-0.2, 0) is 9.53 Å². The summed E-state index contributed by atoms with van der Waals surface area (Å²) in [5, 5.41) is 0.814. The summed E-state index contributed by atoms with van der Waals surface area (Å²) in [5.41, 5.74) is 1.10. The predicted molar refractivity (Wildman–Crippen MR) is 97.9 cm³/mol. The quantitative estimate of drug-likeness (QED) is 0.564. The third-order valence-electron chi connectivity index (χ3n) is 3.73. The molecular weight excluding hydrogens is 379 g/mol. The van der Waals surface area contributed by atoms with Gasteiger partial charge in [-0.25, -0.2) is 4.79 Å². The molecule has 0 amide bonds. The zero-order valence-corrected chi connectivity index (χ0v) is 15.4. The summed E-state index contributed by atoms with van der Waals surface area (Å²) in [4.78, 5) is 23.9. The van der Waals surface area contributed by atoms with Crippen molar-refractivity contribution in [3.63, 3.8) is 0 Å². The summed E-state index contributed by atoms with van der Waals surface area (Å²) in [6, 6.07) is 9.76. The summed E-state index contributed by atoms with van der Waals surface area (Å²) in [5.74, 6) is 0.166. The Morgan fingerprint density at radius 3 is 2.62 bits per heavy atom. The smallest absolute Gasteiger partial charge is 0.346 e. The van der Waals surface area contributed by atoms with E-state index < -0.39 is 12.1 Å². The Kier molecular flexibility index (Phi) is 5.20. The van der Waals surface area contributed by atoms with E-state index in [9.17, 15) is 9.59 Å². The third kappa shape index (κ3) is 3.69. The number of rotatable bonds is 4. The molecule has 5 nitrogen and oxygen atoms in total. The molecule has 7 heteroatoms. The molecular formula is C19H14Cl2O5. The zero-order chi connectivity index (χ0) is 18.8. The van der Waals surface area contributed by atoms with Crippen molar-refractivity contribution in [1.82, 2.24) is 0 Å². The first-order chi connectivity index (χ1) is 12.4. The van der Waals surface area contributed by atoms with Gasteiger partial charge < -0.3 is 14.2 Å². The van der Waals surface area contributed by atoms with Gasteiger partial charge in [-0.1, -0.05) is 29.3 Å². The largest absolute Gasteiger partial charge is 0.479 e. The van der Waals surface area contributed by atoms with Crippen molar-refractivity contribution < 1.29 is 23.8 Å². The Labute approximate surface area is 160 Å². The number of halogens is 2. The maximum Gasteiger partial charge on any atom is 0.346 e. The molecule has 0 aliphatic carbocycles. The monoisotopic (exact) mass is 392 g/mol. The number of carbonyl (C=O) groups excluding carboxylic acids is 2. The van der Waals surface area contributed by atoms with Gasteiger partial charge in [0.15, 0.2) is 11.9 Å². The highest BCUT2D eigenvalue weighted by molar-refractivity contribution is 6.42. The van der Waals surface area contributed by atoms with Gasteiger partial charge >= 0.3 is 5.97 Å². The number of Topliss-reactive ketones (excluding diaryl/α,β-unsaturated/α-hetero) is 1. The molecule has 3 rings (SSSR count). The van der Waals surface area contributed by atoms with Crippen LogP contribution < -0.4 is 9.47 Å². The molecule has 0 N–H and O–H groups in total. The van der Waals surface area contributed by atoms with Gasteiger partial charge in [-0.2, -0.15) is 0 Å². The number of ether oxygens (including phenoxy) is 3. The molecule has 0 unspecified atom stereocenters. The molecule has 1 aliphatic rings. The van der Waals surface area contributed by atoms with E-state index in [4.69, 9.17) is 32.7 Å². The van der Waals surface area contributed by atoms with Crippen molar-refractivity contribution in [2.24, 2.45) is 0 Å². The van der Waals surface area contributed by atoms with Crippen LogP contribution in [0.2, 0.25) is 10.0 Å². The topological polar surface area (TPSA) is 61.8 Å². The lowest BCUT2D eigenvalue weighted by Gasteiger charge is -2.12. The van der Waals surface area contributed by atoms with Crippen molar-refractivity contribution in [2.45, 2.75) is 13.0 Å². The lowest BCUT2D eigenvalue weighted by atomic mass is 10.1. The van der Waals surface area contributed by atoms with E-state index in [1.807, 2.05) is 0 Å². The fourth-order valence-electron chi connectivity index (χ4n) is 2.41. The molecule has 1 atom stereocenters. The standard InChI is InChI=1S/C19H14Cl2O5/c1-10(19(23)24-2)25-12-4-5-13-16(9-12)26-17(18(13)22)8-11-3-6-14(20)15(21)7-11/h3-10H,1-2H3/b17-8-/t10-/m0/s1. The molecule has 26 heavy (non-hydrogen) atoms. The van der Waals surface area contributed by atoms with Gasteiger partial charge in [-0.3, -0.25) is 4.79 Å². The van der Waals surface area contributed by atoms with E-state index in [1.165, 1.54) is 7.11 Å². The number of esters is 1. The van der Waals surface area contributed by atoms with Crippen molar-refractivity contribution in [3.8, 4) is 11.5 Å². The van der Waals surface area contributed by atoms with E-state index >= 15 is 0 Å². The molecule has 0 bridgehead atoms. The summed E-state index contributed by atoms with van der Waals surface area (Å²) < 4.78 is 15.8. The van der Waals surface area contributed by atoms with E-state index in [2.05, 4.69) is 4.74 Å². The van der Waals surface area contributed by atoms with Crippen LogP contribution in [0, 0.1) is 0 Å². The summed E-state index contributed by atoms with van der Waals surface area (Å²) >= 11 is 11.9. The van der Waals surface area contributed by atoms with Gasteiger partial charge in [0.25, 0.3) is 0 Å². The maximum absolute atomic E-state index is 12.5. The number of hydrogen-bond acceptors (Lipinski definition) is 5. The third-order valence-corrected chi connectivity index (χ3v) is 4.47. The molecule has 0 radical (unpaired) electrons. The van der Waals surface area contributed by atoms with Crippen LogP contribution in [0.25, 0.3) is 6.08 Å². The van der Waals surface area contributed by atoms with Gasteiger partial charge in [0, 0.05) is 6.07 Å². The Morgan fingerprint density at radius 2 is 1.92 bits per heavy atom. The van der Waals surface area contributed by atoms with Gasteiger partial charge in [0.1, 0.15) is 11.5 Å². The number of methoxy groups -OCH3 is 1. The first-order valence-corrected chi connectivity index (χ1v) is 8.42. The van der Waals surface area contributed by atoms with Crippen LogP contribution >= 0.6 is 23.2 Å². The average Bonchev–Trinajstić information content (AvgIpc) is 2.92. The Morgan fingerprint density at radius 1 is 1.15 bits per heavy atom. The molecule has 0 saturated heterocycles. The number of benzene rings is 2. The van der Waals surface area contributed by atoms with E-state index in [0.717, 1.165) is 0 Å². The second-order valence-corrected chi connectivity index (χ2v) is 6.37. The first-order valence-electron chi connectivity index (χ1n) is 7.67. The molecule has 1 aliphatic heterocycles. The number of carbonyl (C=O) groups is 2. The van der Waals surface area contributed by atoms with E-state index in [1.54, 1.807) is 49.4 Å². The predicted octanol–water partition coefficient (Wildman–Crippen LogP) is 4.55. The van der Waals surface area contributed by atoms with Gasteiger partial charge in [-0.15, -0.1) is 0 Å². The van der Waals surface area contributed by atoms with Crippen LogP contribution in [0.4, 0.5) is 0 Å². The minimum Gasteiger partial charge on any atom is -0.479 e. The van der Waals surface area contributed by atoms with Crippen molar-refractivity contribution in [3.05, 3.63) is 63.3 Å². The zero-order valence-electron chi connectivity index (χ0n) is 13.9. The molecule has 0 aromatic heterocycles. The van der Waals surface area contributed by atoms with Crippen molar-refractivity contribution >= 4 is 41.0 Å². The molecule has 134 valence electrons. The van der Waals surface area contributed by atoms with Gasteiger partial charge in [0.2, 0.25) is 5.78 Å². The molecule has 2 aromatic carbocycles. The molecule has 0 spiro atoms. The highest BCUT2D eigenvalue weighted by Gasteiger charge is 2.28. The SMILES string of the molecule is COC(=O)[C@H](C)Oc1ccc2c(c1)O/C(=C\c1ccc(Cl)c(Cl)c1)C2=O. The van der Waals surface area contributed by atoms with E-state index in [0.29, 0.717) is 32.7 Å². The summed E-state index contributed by atoms with van der Waals surface area (Å²) in [6.07, 6.45) is 0.809. The second-order valence-electron chi connectivity index (χ2n) is 5.55. The Bertz CT molecular complexity index is 920. The Balaban J connectivity index is 1.83. The number of fused-ring (bicyclic) bond motifs is 1. The molecule has 2 aromatic rings. The lowest BCUT2D eigenvalue weighted by Crippen LogP contribution is -2.24. The number of allylic oxidation sites excluding steroid dienone is 1. The van der Waals surface area contributed by atoms with Crippen LogP contribution in [0.15, 0.2) is 42.2 Å². The van der Waals surface area contributed by atoms with Gasteiger partial charge in [0.05, 0.1) is 22.7 Å². The fraction of sp³-hybridized carbons (Fsp3) is 0.158. The number of hydrogen-bond donors (Lipinski definition) is 0. The maximum atomic E-state index is 12.5. The molecule has 0 saturated carbocycles. The minimum atomic E-state index is -0.777. The second kappa shape index (κ2) is 7.40. The first kappa shape index (κ1) is 18.3. The highest BCUT2D eigenvalue weighted by Crippen LogP contribution is 2.35. The normalized spacial score (nSPS) is 15.4. The summed E-state index contributed by atoms with van der Waals surface area (Å²) in [6.45, 7) is 1.57.